The quantitative estimate of drug-likeness (QED) is 0.455. The van der Waals surface area contributed by atoms with E-state index < -0.39 is 0 Å². The van der Waals surface area contributed by atoms with Gasteiger partial charge in [-0.1, -0.05) is 23.9 Å². The van der Waals surface area contributed by atoms with E-state index in [1.54, 1.807) is 29.9 Å². The van der Waals surface area contributed by atoms with Gasteiger partial charge in [0.05, 0.1) is 12.9 Å². The molecule has 0 atom stereocenters. The van der Waals surface area contributed by atoms with Gasteiger partial charge in [-0.3, -0.25) is 4.79 Å². The van der Waals surface area contributed by atoms with Crippen molar-refractivity contribution >= 4 is 34.3 Å². The number of furan rings is 1. The van der Waals surface area contributed by atoms with E-state index in [0.717, 1.165) is 5.39 Å². The molecule has 0 saturated carbocycles. The Morgan fingerprint density at radius 3 is 2.94 bits per heavy atom. The molecule has 10 heteroatoms. The predicted octanol–water partition coefficient (Wildman–Crippen LogP) is 3.70. The maximum absolute atomic E-state index is 12.4. The molecule has 158 valence electrons. The summed E-state index contributed by atoms with van der Waals surface area (Å²) < 4.78 is 23.7. The van der Waals surface area contributed by atoms with Gasteiger partial charge in [0.25, 0.3) is 0 Å². The number of nitrogens with one attached hydrogen (secondary N) is 1. The van der Waals surface area contributed by atoms with Gasteiger partial charge in [-0.2, -0.15) is 0 Å². The maximum Gasteiger partial charge on any atom is 0.234 e. The van der Waals surface area contributed by atoms with E-state index in [1.165, 1.54) is 11.8 Å². The number of methoxy groups -OCH3 is 1. The fourth-order valence-electron chi connectivity index (χ4n) is 3.26. The first-order valence-electron chi connectivity index (χ1n) is 9.41. The molecule has 0 fully saturated rings. The average molecular weight is 438 g/mol. The average Bonchev–Trinajstić information content (AvgIpc) is 3.49. The van der Waals surface area contributed by atoms with Crippen molar-refractivity contribution in [2.75, 3.05) is 25.0 Å². The van der Waals surface area contributed by atoms with Gasteiger partial charge in [0.1, 0.15) is 0 Å². The summed E-state index contributed by atoms with van der Waals surface area (Å²) in [6.07, 6.45) is 0. The normalized spacial score (nSPS) is 12.3. The summed E-state index contributed by atoms with van der Waals surface area (Å²) in [4.78, 5) is 12.4. The number of aromatic nitrogens is 3. The molecule has 2 aromatic carbocycles. The number of thioether (sulfide) groups is 1. The van der Waals surface area contributed by atoms with Crippen molar-refractivity contribution in [1.82, 2.24) is 14.8 Å². The summed E-state index contributed by atoms with van der Waals surface area (Å²) in [5, 5.41) is 12.8. The Labute approximate surface area is 181 Å². The summed E-state index contributed by atoms with van der Waals surface area (Å²) >= 11 is 1.28. The predicted molar refractivity (Wildman–Crippen MR) is 115 cm³/mol. The fourth-order valence-corrected chi connectivity index (χ4v) is 3.97. The van der Waals surface area contributed by atoms with Crippen LogP contribution in [0.2, 0.25) is 0 Å². The standard InChI is InChI=1S/C21H18N4O5S/c1-25-20(17-8-12-4-3-5-15(27-2)19(12)30-17)23-24-21(25)31-10-18(26)22-13-6-7-14-16(9-13)29-11-28-14/h3-9H,10-11H2,1-2H3,(H,22,26). The molecule has 1 aliphatic heterocycles. The van der Waals surface area contributed by atoms with E-state index in [4.69, 9.17) is 18.6 Å². The molecular formula is C21H18N4O5S. The molecule has 3 heterocycles. The molecule has 2 aromatic heterocycles. The minimum absolute atomic E-state index is 0.165. The van der Waals surface area contributed by atoms with E-state index in [0.29, 0.717) is 45.3 Å². The van der Waals surface area contributed by atoms with E-state index >= 15 is 0 Å². The molecule has 0 bridgehead atoms. The third-order valence-corrected chi connectivity index (χ3v) is 5.79. The zero-order valence-electron chi connectivity index (χ0n) is 16.7. The number of hydrogen-bond acceptors (Lipinski definition) is 8. The molecule has 9 nitrogen and oxygen atoms in total. The molecule has 1 amide bonds. The van der Waals surface area contributed by atoms with Crippen LogP contribution in [0, 0.1) is 0 Å². The Hall–Kier alpha value is -3.66. The molecule has 0 radical (unpaired) electrons. The summed E-state index contributed by atoms with van der Waals surface area (Å²) in [6, 6.07) is 12.8. The van der Waals surface area contributed by atoms with E-state index in [1.807, 2.05) is 31.3 Å². The first-order valence-corrected chi connectivity index (χ1v) is 10.4. The Balaban J connectivity index is 1.28. The van der Waals surface area contributed by atoms with E-state index in [-0.39, 0.29) is 18.5 Å². The molecule has 0 saturated heterocycles. The van der Waals surface area contributed by atoms with Crippen molar-refractivity contribution in [2.24, 2.45) is 7.05 Å². The largest absolute Gasteiger partial charge is 0.493 e. The lowest BCUT2D eigenvalue weighted by Gasteiger charge is -2.06. The van der Waals surface area contributed by atoms with Crippen molar-refractivity contribution in [1.29, 1.82) is 0 Å². The summed E-state index contributed by atoms with van der Waals surface area (Å²) in [5.74, 6) is 3.09. The van der Waals surface area contributed by atoms with Crippen LogP contribution in [0.15, 0.2) is 52.0 Å². The number of carbonyl (C=O) groups is 1. The zero-order chi connectivity index (χ0) is 21.4. The summed E-state index contributed by atoms with van der Waals surface area (Å²) in [6.45, 7) is 0.190. The highest BCUT2D eigenvalue weighted by molar-refractivity contribution is 7.99. The van der Waals surface area contributed by atoms with Crippen molar-refractivity contribution in [2.45, 2.75) is 5.16 Å². The number of hydrogen-bond donors (Lipinski definition) is 1. The van der Waals surface area contributed by atoms with Crippen molar-refractivity contribution < 1.29 is 23.4 Å². The summed E-state index contributed by atoms with van der Waals surface area (Å²) in [7, 11) is 3.43. The van der Waals surface area contributed by atoms with E-state index in [9.17, 15) is 4.79 Å². The smallest absolute Gasteiger partial charge is 0.234 e. The molecular weight excluding hydrogens is 420 g/mol. The van der Waals surface area contributed by atoms with Gasteiger partial charge >= 0.3 is 0 Å². The van der Waals surface area contributed by atoms with Crippen molar-refractivity contribution in [3.05, 3.63) is 42.5 Å². The number of fused-ring (bicyclic) bond motifs is 2. The van der Waals surface area contributed by atoms with Crippen LogP contribution in [0.5, 0.6) is 17.2 Å². The third-order valence-electron chi connectivity index (χ3n) is 4.77. The van der Waals surface area contributed by atoms with Gasteiger partial charge < -0.3 is 28.5 Å². The lowest BCUT2D eigenvalue weighted by atomic mass is 10.2. The number of anilines is 1. The Kier molecular flexibility index (Phi) is 4.91. The Morgan fingerprint density at radius 1 is 1.19 bits per heavy atom. The SMILES string of the molecule is COc1cccc2cc(-c3nnc(SCC(=O)Nc4ccc5c(c4)OCO5)n3C)oc12. The highest BCUT2D eigenvalue weighted by Crippen LogP contribution is 2.35. The number of rotatable bonds is 6. The highest BCUT2D eigenvalue weighted by atomic mass is 32.2. The summed E-state index contributed by atoms with van der Waals surface area (Å²) in [5.41, 5.74) is 1.30. The fraction of sp³-hybridized carbons (Fsp3) is 0.190. The Morgan fingerprint density at radius 2 is 2.06 bits per heavy atom. The van der Waals surface area contributed by atoms with Crippen molar-refractivity contribution in [3.8, 4) is 28.8 Å². The van der Waals surface area contributed by atoms with Gasteiger partial charge in [0.2, 0.25) is 12.7 Å². The topological polar surface area (TPSA) is 101 Å². The van der Waals surface area contributed by atoms with Gasteiger partial charge in [-0.25, -0.2) is 0 Å². The molecule has 0 unspecified atom stereocenters. The molecule has 5 rings (SSSR count). The highest BCUT2D eigenvalue weighted by Gasteiger charge is 2.18. The van der Waals surface area contributed by atoms with Gasteiger partial charge in [0, 0.05) is 24.2 Å². The number of carbonyl (C=O) groups excluding carboxylic acids is 1. The first-order chi connectivity index (χ1) is 15.1. The Bertz CT molecular complexity index is 1280. The van der Waals surface area contributed by atoms with Crippen LogP contribution in [0.1, 0.15) is 0 Å². The lowest BCUT2D eigenvalue weighted by Crippen LogP contribution is -2.14. The van der Waals surface area contributed by atoms with Crippen LogP contribution in [-0.4, -0.2) is 40.3 Å². The lowest BCUT2D eigenvalue weighted by molar-refractivity contribution is -0.113. The van der Waals surface area contributed by atoms with Gasteiger partial charge in [-0.15, -0.1) is 10.2 Å². The van der Waals surface area contributed by atoms with Gasteiger partial charge in [0.15, 0.2) is 39.6 Å². The van der Waals surface area contributed by atoms with E-state index in [2.05, 4.69) is 15.5 Å². The molecule has 31 heavy (non-hydrogen) atoms. The van der Waals surface area contributed by atoms with Crippen LogP contribution in [0.25, 0.3) is 22.6 Å². The third kappa shape index (κ3) is 3.66. The van der Waals surface area contributed by atoms with Crippen LogP contribution in [0.3, 0.4) is 0 Å². The molecule has 0 aliphatic carbocycles. The van der Waals surface area contributed by atoms with Gasteiger partial charge in [-0.05, 0) is 24.3 Å². The first kappa shape index (κ1) is 19.3. The van der Waals surface area contributed by atoms with Crippen LogP contribution < -0.4 is 19.5 Å². The second-order valence-corrected chi connectivity index (χ2v) is 7.70. The molecule has 0 spiro atoms. The molecule has 1 aliphatic rings. The number of ether oxygens (including phenoxy) is 3. The monoisotopic (exact) mass is 438 g/mol. The minimum Gasteiger partial charge on any atom is -0.493 e. The van der Waals surface area contributed by atoms with Crippen LogP contribution >= 0.6 is 11.8 Å². The molecule has 4 aromatic rings. The number of benzene rings is 2. The van der Waals surface area contributed by atoms with Crippen LogP contribution in [-0.2, 0) is 11.8 Å². The second-order valence-electron chi connectivity index (χ2n) is 6.76. The number of nitrogens with zero attached hydrogens (tertiary/aromatic N) is 3. The van der Waals surface area contributed by atoms with Crippen LogP contribution in [0.4, 0.5) is 5.69 Å². The number of amides is 1. The zero-order valence-corrected chi connectivity index (χ0v) is 17.6. The molecule has 1 N–H and O–H groups in total. The number of para-hydroxylation sites is 1. The maximum atomic E-state index is 12.4. The second kappa shape index (κ2) is 7.88. The van der Waals surface area contributed by atoms with Crippen molar-refractivity contribution in [3.63, 3.8) is 0 Å². The minimum atomic E-state index is -0.165.